The fourth-order valence-corrected chi connectivity index (χ4v) is 8.21. The van der Waals surface area contributed by atoms with Gasteiger partial charge in [-0.25, -0.2) is 0 Å². The molecule has 3 aliphatic heterocycles. The number of carbonyl (C=O) groups excluding carboxylic acids is 6. The first-order chi connectivity index (χ1) is 25.8. The summed E-state index contributed by atoms with van der Waals surface area (Å²) in [6, 6.07) is 9.50. The molecule has 56 heavy (non-hydrogen) atoms. The van der Waals surface area contributed by atoms with Crippen LogP contribution in [0.5, 0.6) is 0 Å². The van der Waals surface area contributed by atoms with Crippen LogP contribution in [0.3, 0.4) is 0 Å². The van der Waals surface area contributed by atoms with Crippen molar-refractivity contribution < 1.29 is 33.9 Å². The molecule has 1 aromatic carbocycles. The van der Waals surface area contributed by atoms with Gasteiger partial charge in [0.2, 0.25) is 17.7 Å². The van der Waals surface area contributed by atoms with Crippen molar-refractivity contribution in [2.24, 2.45) is 41.4 Å². The summed E-state index contributed by atoms with van der Waals surface area (Å²) in [7, 11) is 0. The lowest BCUT2D eigenvalue weighted by atomic mass is 9.86. The summed E-state index contributed by atoms with van der Waals surface area (Å²) in [4.78, 5) is 77.6. The quantitative estimate of drug-likeness (QED) is 0.208. The van der Waals surface area contributed by atoms with Crippen LogP contribution in [0.4, 0.5) is 0 Å². The SMILES string of the molecule is C.CC(=O)[C@@H]1CCCN1C(=O)C(CC(C)C)C(C)C.CC(=O)[C@@H]1CCCN1C(=O)C(CO)C(C)C.CC(=O)[C@@H]1CCCN1C(=O)C(Cc1ccccc1)C(C)C. The molecular weight excluding hydrogens is 707 g/mol. The second kappa shape index (κ2) is 24.4. The lowest BCUT2D eigenvalue weighted by Crippen LogP contribution is -2.45. The molecule has 3 fully saturated rings. The number of nitrogens with zero attached hydrogens (tertiary/aromatic N) is 3. The molecule has 1 aromatic rings. The second-order valence-electron chi connectivity index (χ2n) is 17.5. The molecule has 0 saturated carbocycles. The van der Waals surface area contributed by atoms with Crippen molar-refractivity contribution in [2.45, 2.75) is 153 Å². The smallest absolute Gasteiger partial charge is 0.228 e. The van der Waals surface area contributed by atoms with Crippen LogP contribution in [-0.4, -0.2) is 99.2 Å². The van der Waals surface area contributed by atoms with E-state index in [1.807, 2.05) is 41.8 Å². The summed E-state index contributed by atoms with van der Waals surface area (Å²) in [6.45, 7) is 23.2. The van der Waals surface area contributed by atoms with Crippen molar-refractivity contribution in [1.29, 1.82) is 0 Å². The summed E-state index contributed by atoms with van der Waals surface area (Å²) in [5, 5.41) is 9.22. The lowest BCUT2D eigenvalue weighted by molar-refractivity contribution is -0.143. The molecule has 3 saturated heterocycles. The highest BCUT2D eigenvalue weighted by Gasteiger charge is 2.38. The fraction of sp³-hybridized carbons (Fsp3) is 0.739. The number of ketones is 3. The van der Waals surface area contributed by atoms with Gasteiger partial charge in [-0.15, -0.1) is 0 Å². The van der Waals surface area contributed by atoms with Crippen molar-refractivity contribution in [1.82, 2.24) is 14.7 Å². The van der Waals surface area contributed by atoms with E-state index >= 15 is 0 Å². The predicted molar refractivity (Wildman–Crippen MR) is 225 cm³/mol. The molecule has 0 bridgehead atoms. The largest absolute Gasteiger partial charge is 0.396 e. The third kappa shape index (κ3) is 14.5. The Bertz CT molecular complexity index is 1410. The summed E-state index contributed by atoms with van der Waals surface area (Å²) in [6.07, 6.45) is 6.86. The zero-order valence-electron chi connectivity index (χ0n) is 35.9. The van der Waals surface area contributed by atoms with Gasteiger partial charge in [0.1, 0.15) is 0 Å². The molecule has 0 aromatic heterocycles. The van der Waals surface area contributed by atoms with E-state index in [9.17, 15) is 33.9 Å². The van der Waals surface area contributed by atoms with E-state index in [1.165, 1.54) is 12.5 Å². The van der Waals surface area contributed by atoms with Crippen LogP contribution in [0.25, 0.3) is 0 Å². The van der Waals surface area contributed by atoms with Crippen LogP contribution >= 0.6 is 0 Å². The van der Waals surface area contributed by atoms with Gasteiger partial charge in [0.05, 0.1) is 30.7 Å². The number of aliphatic hydroxyl groups is 1. The number of carbonyl (C=O) groups is 6. The average molecular weight is 784 g/mol. The van der Waals surface area contributed by atoms with E-state index in [1.54, 1.807) is 18.7 Å². The Labute approximate surface area is 339 Å². The standard InChI is InChI=1S/C18H25NO2.C15H27NO2.C12H21NO3.CH4/c1-13(2)16(12-15-8-5-4-6-9-15)18(21)19-11-7-10-17(19)14(3)20;1-10(2)9-13(11(3)4)15(18)16-8-6-7-14(16)12(5)17;1-8(2)10(7-14)12(16)13-6-4-5-11(13)9(3)15;/h4-6,8-9,13,16-17H,7,10-12H2,1-3H3;10-11,13-14H,6-9H2,1-5H3;8,10-11,14H,4-7H2,1-3H3;1H4/t16?,17-;13?,14-;10?,11-;/m000./s1. The van der Waals surface area contributed by atoms with E-state index in [0.29, 0.717) is 18.4 Å². The maximum Gasteiger partial charge on any atom is 0.228 e. The molecular formula is C46H77N3O7. The number of likely N-dealkylation sites (tertiary alicyclic amines) is 3. The molecule has 4 rings (SSSR count). The molecule has 10 heteroatoms. The van der Waals surface area contributed by atoms with Crippen LogP contribution in [0.1, 0.15) is 134 Å². The van der Waals surface area contributed by atoms with Crippen molar-refractivity contribution in [3.63, 3.8) is 0 Å². The lowest BCUT2D eigenvalue weighted by Gasteiger charge is -2.30. The van der Waals surface area contributed by atoms with Gasteiger partial charge in [0.15, 0.2) is 17.3 Å². The van der Waals surface area contributed by atoms with Crippen LogP contribution in [0, 0.1) is 41.4 Å². The second-order valence-corrected chi connectivity index (χ2v) is 17.5. The van der Waals surface area contributed by atoms with Crippen LogP contribution in [0.2, 0.25) is 0 Å². The Balaban J connectivity index is 0.000000421. The molecule has 0 aliphatic carbocycles. The first-order valence-corrected chi connectivity index (χ1v) is 20.9. The molecule has 0 radical (unpaired) electrons. The minimum atomic E-state index is -0.375. The van der Waals surface area contributed by atoms with Crippen molar-refractivity contribution in [2.75, 3.05) is 26.2 Å². The first-order valence-electron chi connectivity index (χ1n) is 20.9. The van der Waals surface area contributed by atoms with Gasteiger partial charge in [-0.3, -0.25) is 28.8 Å². The molecule has 3 amide bonds. The Kier molecular flexibility index (Phi) is 22.0. The normalized spacial score (nSPS) is 20.9. The van der Waals surface area contributed by atoms with Crippen LogP contribution in [-0.2, 0) is 35.2 Å². The molecule has 318 valence electrons. The average Bonchev–Trinajstić information content (AvgIpc) is 3.91. The van der Waals surface area contributed by atoms with Crippen molar-refractivity contribution in [3.05, 3.63) is 35.9 Å². The number of hydrogen-bond acceptors (Lipinski definition) is 7. The minimum Gasteiger partial charge on any atom is -0.396 e. The number of aliphatic hydroxyl groups excluding tert-OH is 1. The fourth-order valence-electron chi connectivity index (χ4n) is 8.21. The summed E-state index contributed by atoms with van der Waals surface area (Å²) in [5.41, 5.74) is 1.18. The molecule has 3 aliphatic rings. The number of Topliss-reactive ketones (excluding diaryl/α,β-unsaturated/α-hetero) is 3. The van der Waals surface area contributed by atoms with E-state index in [-0.39, 0.29) is 96.8 Å². The third-order valence-electron chi connectivity index (χ3n) is 11.6. The van der Waals surface area contributed by atoms with E-state index in [4.69, 9.17) is 0 Å². The minimum absolute atomic E-state index is 0. The van der Waals surface area contributed by atoms with Gasteiger partial charge < -0.3 is 19.8 Å². The van der Waals surface area contributed by atoms with E-state index < -0.39 is 0 Å². The summed E-state index contributed by atoms with van der Waals surface area (Å²) in [5.74, 6) is 1.42. The monoisotopic (exact) mass is 784 g/mol. The van der Waals surface area contributed by atoms with Crippen molar-refractivity contribution >= 4 is 35.1 Å². The predicted octanol–water partition coefficient (Wildman–Crippen LogP) is 7.43. The molecule has 0 spiro atoms. The van der Waals surface area contributed by atoms with Gasteiger partial charge in [-0.2, -0.15) is 0 Å². The maximum atomic E-state index is 12.9. The molecule has 3 unspecified atom stereocenters. The van der Waals surface area contributed by atoms with Gasteiger partial charge >= 0.3 is 0 Å². The Morgan fingerprint density at radius 3 is 1.21 bits per heavy atom. The van der Waals surface area contributed by atoms with Gasteiger partial charge in [0.25, 0.3) is 0 Å². The highest BCUT2D eigenvalue weighted by molar-refractivity contribution is 5.90. The first kappa shape index (κ1) is 50.6. The number of hydrogen-bond donors (Lipinski definition) is 1. The van der Waals surface area contributed by atoms with E-state index in [0.717, 1.165) is 64.5 Å². The van der Waals surface area contributed by atoms with Gasteiger partial charge in [-0.05, 0) is 101 Å². The zero-order valence-corrected chi connectivity index (χ0v) is 35.9. The molecule has 6 atom stereocenters. The highest BCUT2D eigenvalue weighted by atomic mass is 16.3. The number of rotatable bonds is 14. The summed E-state index contributed by atoms with van der Waals surface area (Å²) >= 11 is 0. The van der Waals surface area contributed by atoms with Gasteiger partial charge in [-0.1, -0.05) is 93.1 Å². The van der Waals surface area contributed by atoms with E-state index in [2.05, 4.69) is 53.7 Å². The maximum absolute atomic E-state index is 12.9. The van der Waals surface area contributed by atoms with Crippen LogP contribution in [0.15, 0.2) is 30.3 Å². The summed E-state index contributed by atoms with van der Waals surface area (Å²) < 4.78 is 0. The molecule has 10 nitrogen and oxygen atoms in total. The Hall–Kier alpha value is -3.40. The van der Waals surface area contributed by atoms with Crippen LogP contribution < -0.4 is 0 Å². The highest BCUT2D eigenvalue weighted by Crippen LogP contribution is 2.29. The van der Waals surface area contributed by atoms with Crippen molar-refractivity contribution in [3.8, 4) is 0 Å². The topological polar surface area (TPSA) is 132 Å². The number of amides is 3. The Morgan fingerprint density at radius 1 is 0.571 bits per heavy atom. The zero-order chi connectivity index (χ0) is 41.6. The molecule has 1 N–H and O–H groups in total. The third-order valence-corrected chi connectivity index (χ3v) is 11.6. The molecule has 3 heterocycles. The number of benzene rings is 1. The van der Waals surface area contributed by atoms with Gasteiger partial charge in [0, 0.05) is 31.5 Å². The Morgan fingerprint density at radius 2 is 0.911 bits per heavy atom.